The number of pyridine rings is 1. The predicted molar refractivity (Wildman–Crippen MR) is 86.3 cm³/mol. The van der Waals surface area contributed by atoms with Crippen LogP contribution in [-0.2, 0) is 6.42 Å². The van der Waals surface area contributed by atoms with Gasteiger partial charge in [-0.25, -0.2) is 9.97 Å². The Balaban J connectivity index is 1.56. The first kappa shape index (κ1) is 14.3. The molecule has 0 aromatic carbocycles. The zero-order chi connectivity index (χ0) is 15.2. The van der Waals surface area contributed by atoms with Crippen molar-refractivity contribution in [3.8, 4) is 16.2 Å². The van der Waals surface area contributed by atoms with E-state index in [1.165, 1.54) is 16.1 Å². The van der Waals surface area contributed by atoms with Gasteiger partial charge >= 0.3 is 0 Å². The normalized spacial score (nSPS) is 10.4. The third-order valence-corrected chi connectivity index (χ3v) is 4.18. The summed E-state index contributed by atoms with van der Waals surface area (Å²) in [6, 6.07) is 8.15. The third-order valence-electron chi connectivity index (χ3n) is 2.98. The summed E-state index contributed by atoms with van der Waals surface area (Å²) in [7, 11) is 0. The topological polar surface area (TPSA) is 71.8 Å². The molecule has 3 rings (SSSR count). The zero-order valence-electron chi connectivity index (χ0n) is 11.8. The van der Waals surface area contributed by atoms with Crippen LogP contribution in [0.15, 0.2) is 55.4 Å². The van der Waals surface area contributed by atoms with E-state index >= 15 is 0 Å². The van der Waals surface area contributed by atoms with Crippen molar-refractivity contribution in [1.29, 1.82) is 5.41 Å². The number of nitrogens with one attached hydrogen (secondary N) is 1. The number of hydrogen-bond donors (Lipinski definition) is 1. The fourth-order valence-electron chi connectivity index (χ4n) is 1.94. The minimum atomic E-state index is 0.214. The second kappa shape index (κ2) is 6.91. The quantitative estimate of drug-likeness (QED) is 0.577. The van der Waals surface area contributed by atoms with Crippen LogP contribution in [0.5, 0.6) is 5.75 Å². The molecule has 5 nitrogen and oxygen atoms in total. The molecule has 6 heteroatoms. The second-order valence-electron chi connectivity index (χ2n) is 4.61. The number of thiophene rings is 1. The van der Waals surface area contributed by atoms with Crippen molar-refractivity contribution in [2.45, 2.75) is 12.8 Å². The minimum absolute atomic E-state index is 0.214. The third kappa shape index (κ3) is 3.73. The van der Waals surface area contributed by atoms with E-state index < -0.39 is 0 Å². The van der Waals surface area contributed by atoms with E-state index in [9.17, 15) is 0 Å². The van der Waals surface area contributed by atoms with Gasteiger partial charge < -0.3 is 4.74 Å². The first-order valence-electron chi connectivity index (χ1n) is 6.80. The molecule has 0 amide bonds. The van der Waals surface area contributed by atoms with Crippen molar-refractivity contribution >= 4 is 17.2 Å². The monoisotopic (exact) mass is 310 g/mol. The predicted octanol–water partition coefficient (Wildman–Crippen LogP) is 3.59. The van der Waals surface area contributed by atoms with Gasteiger partial charge in [0, 0.05) is 34.1 Å². The first-order valence-corrected chi connectivity index (χ1v) is 7.62. The van der Waals surface area contributed by atoms with E-state index in [-0.39, 0.29) is 5.90 Å². The highest BCUT2D eigenvalue weighted by Crippen LogP contribution is 2.28. The Kier molecular flexibility index (Phi) is 4.50. The summed E-state index contributed by atoms with van der Waals surface area (Å²) in [5.41, 5.74) is 1.12. The summed E-state index contributed by atoms with van der Waals surface area (Å²) >= 11 is 1.72. The van der Waals surface area contributed by atoms with Crippen LogP contribution in [0.1, 0.15) is 11.3 Å². The van der Waals surface area contributed by atoms with Crippen molar-refractivity contribution < 1.29 is 4.74 Å². The molecule has 1 N–H and O–H groups in total. The lowest BCUT2D eigenvalue weighted by molar-refractivity contribution is 0.520. The van der Waals surface area contributed by atoms with Gasteiger partial charge in [0.2, 0.25) is 0 Å². The molecule has 0 fully saturated rings. The van der Waals surface area contributed by atoms with Gasteiger partial charge in [0.15, 0.2) is 11.6 Å². The van der Waals surface area contributed by atoms with Crippen LogP contribution in [0.3, 0.4) is 0 Å². The van der Waals surface area contributed by atoms with E-state index in [4.69, 9.17) is 10.1 Å². The molecule has 0 aliphatic heterocycles. The molecule has 0 aliphatic carbocycles. The summed E-state index contributed by atoms with van der Waals surface area (Å²) in [5.74, 6) is 0.709. The number of rotatable bonds is 5. The maximum Gasteiger partial charge on any atom is 0.187 e. The highest BCUT2D eigenvalue weighted by atomic mass is 32.1. The zero-order valence-corrected chi connectivity index (χ0v) is 12.6. The molecular formula is C16H14N4OS. The molecule has 3 heterocycles. The maximum absolute atomic E-state index is 7.86. The van der Waals surface area contributed by atoms with Gasteiger partial charge in [0.1, 0.15) is 6.33 Å². The van der Waals surface area contributed by atoms with Crippen molar-refractivity contribution in [2.24, 2.45) is 0 Å². The van der Waals surface area contributed by atoms with Gasteiger partial charge in [0.25, 0.3) is 0 Å². The first-order chi connectivity index (χ1) is 10.8. The molecule has 0 spiro atoms. The maximum atomic E-state index is 7.86. The number of ether oxygens (including phenoxy) is 1. The summed E-state index contributed by atoms with van der Waals surface area (Å²) in [6.07, 6.45) is 9.47. The van der Waals surface area contributed by atoms with Gasteiger partial charge in [-0.3, -0.25) is 10.4 Å². The fourth-order valence-corrected chi connectivity index (χ4v) is 2.94. The number of nitrogens with zero attached hydrogens (tertiary/aromatic N) is 3. The Morgan fingerprint density at radius 2 is 1.95 bits per heavy atom. The molecule has 3 aromatic heterocycles. The second-order valence-corrected chi connectivity index (χ2v) is 5.78. The highest BCUT2D eigenvalue weighted by molar-refractivity contribution is 7.15. The molecule has 0 radical (unpaired) electrons. The minimum Gasteiger partial charge on any atom is -0.440 e. The van der Waals surface area contributed by atoms with Gasteiger partial charge in [-0.2, -0.15) is 0 Å². The molecule has 0 aliphatic rings. The van der Waals surface area contributed by atoms with E-state index in [0.29, 0.717) is 12.2 Å². The van der Waals surface area contributed by atoms with Gasteiger partial charge in [-0.1, -0.05) is 6.07 Å². The molecular weight excluding hydrogens is 296 g/mol. The van der Waals surface area contributed by atoms with Crippen LogP contribution in [0, 0.1) is 5.41 Å². The van der Waals surface area contributed by atoms with Crippen molar-refractivity contribution in [3.05, 3.63) is 60.3 Å². The van der Waals surface area contributed by atoms with Gasteiger partial charge in [-0.15, -0.1) is 11.3 Å². The molecule has 110 valence electrons. The Morgan fingerprint density at radius 1 is 1.09 bits per heavy atom. The lowest BCUT2D eigenvalue weighted by Crippen LogP contribution is -2.08. The number of aromatic nitrogens is 3. The lowest BCUT2D eigenvalue weighted by Gasteiger charge is -2.04. The van der Waals surface area contributed by atoms with E-state index in [2.05, 4.69) is 27.1 Å². The summed E-state index contributed by atoms with van der Waals surface area (Å²) < 4.78 is 5.38. The van der Waals surface area contributed by atoms with Crippen molar-refractivity contribution in [3.63, 3.8) is 0 Å². The molecule has 0 bridgehead atoms. The van der Waals surface area contributed by atoms with Crippen molar-refractivity contribution in [1.82, 2.24) is 15.0 Å². The Labute approximate surface area is 132 Å². The highest BCUT2D eigenvalue weighted by Gasteiger charge is 2.06. The van der Waals surface area contributed by atoms with Crippen LogP contribution in [0.25, 0.3) is 10.4 Å². The fraction of sp³-hybridized carbons (Fsp3) is 0.125. The van der Waals surface area contributed by atoms with Crippen molar-refractivity contribution in [2.75, 3.05) is 0 Å². The Bertz CT molecular complexity index is 743. The van der Waals surface area contributed by atoms with E-state index in [1.807, 2.05) is 18.3 Å². The molecule has 0 saturated carbocycles. The molecule has 0 unspecified atom stereocenters. The summed E-state index contributed by atoms with van der Waals surface area (Å²) in [4.78, 5) is 14.3. The van der Waals surface area contributed by atoms with Crippen LogP contribution < -0.4 is 4.74 Å². The van der Waals surface area contributed by atoms with Crippen LogP contribution >= 0.6 is 11.3 Å². The van der Waals surface area contributed by atoms with E-state index in [1.54, 1.807) is 29.9 Å². The SMILES string of the molecule is N=C(CCc1ccc(-c2cccnc2)s1)Oc1cncnc1. The standard InChI is InChI=1S/C16H14N4OS/c17-16(21-13-9-19-11-20-10-13)6-4-14-3-5-15(22-14)12-2-1-7-18-8-12/h1-3,5,7-11,17H,4,6H2. The van der Waals surface area contributed by atoms with Crippen LogP contribution in [0.4, 0.5) is 0 Å². The molecule has 0 atom stereocenters. The van der Waals surface area contributed by atoms with Gasteiger partial charge in [-0.05, 0) is 24.6 Å². The molecule has 22 heavy (non-hydrogen) atoms. The lowest BCUT2D eigenvalue weighted by atomic mass is 10.2. The van der Waals surface area contributed by atoms with Gasteiger partial charge in [0.05, 0.1) is 12.4 Å². The average Bonchev–Trinajstić information content (AvgIpc) is 3.04. The van der Waals surface area contributed by atoms with E-state index in [0.717, 1.165) is 12.0 Å². The Hall–Kier alpha value is -2.60. The summed E-state index contributed by atoms with van der Waals surface area (Å²) in [5, 5.41) is 7.86. The Morgan fingerprint density at radius 3 is 2.73 bits per heavy atom. The molecule has 3 aromatic rings. The largest absolute Gasteiger partial charge is 0.440 e. The summed E-state index contributed by atoms with van der Waals surface area (Å²) in [6.45, 7) is 0. The van der Waals surface area contributed by atoms with Crippen LogP contribution in [0.2, 0.25) is 0 Å². The molecule has 0 saturated heterocycles. The number of aryl methyl sites for hydroxylation is 1. The number of hydrogen-bond acceptors (Lipinski definition) is 6. The van der Waals surface area contributed by atoms with Crippen LogP contribution in [-0.4, -0.2) is 20.8 Å². The average molecular weight is 310 g/mol. The smallest absolute Gasteiger partial charge is 0.187 e.